The largest absolute Gasteiger partial charge is 0.444 e. The third-order valence-corrected chi connectivity index (χ3v) is 2.95. The lowest BCUT2D eigenvalue weighted by Gasteiger charge is -2.34. The van der Waals surface area contributed by atoms with Gasteiger partial charge in [-0.3, -0.25) is 4.98 Å². The van der Waals surface area contributed by atoms with Crippen molar-refractivity contribution in [3.63, 3.8) is 0 Å². The minimum Gasteiger partial charge on any atom is -0.444 e. The highest BCUT2D eigenvalue weighted by atomic mass is 16.6. The average molecular weight is 279 g/mol. The SMILES string of the molecule is CC(C)(C)OC(=O)N1CCOC(c2cnccc2N)C1. The van der Waals surface area contributed by atoms with E-state index in [-0.39, 0.29) is 12.2 Å². The molecule has 0 saturated carbocycles. The first kappa shape index (κ1) is 14.6. The molecule has 0 aliphatic carbocycles. The lowest BCUT2D eigenvalue weighted by Crippen LogP contribution is -2.44. The van der Waals surface area contributed by atoms with E-state index in [0.717, 1.165) is 5.56 Å². The van der Waals surface area contributed by atoms with Crippen LogP contribution in [0.1, 0.15) is 32.4 Å². The molecule has 20 heavy (non-hydrogen) atoms. The Labute approximate surface area is 118 Å². The number of nitrogen functional groups attached to an aromatic ring is 1. The monoisotopic (exact) mass is 279 g/mol. The number of aromatic nitrogens is 1. The average Bonchev–Trinajstić information content (AvgIpc) is 2.37. The Kier molecular flexibility index (Phi) is 4.13. The molecule has 6 nitrogen and oxygen atoms in total. The van der Waals surface area contributed by atoms with Gasteiger partial charge in [0.15, 0.2) is 0 Å². The summed E-state index contributed by atoms with van der Waals surface area (Å²) in [5, 5.41) is 0. The molecule has 1 atom stereocenters. The van der Waals surface area contributed by atoms with Crippen molar-refractivity contribution < 1.29 is 14.3 Å². The standard InChI is InChI=1S/C14H21N3O3/c1-14(2,3)20-13(18)17-6-7-19-12(9-17)10-8-16-5-4-11(10)15/h4-5,8,12H,6-7,9H2,1-3H3,(H2,15,16). The Hall–Kier alpha value is -1.82. The molecule has 0 spiro atoms. The van der Waals surface area contributed by atoms with Crippen molar-refractivity contribution in [3.8, 4) is 0 Å². The third kappa shape index (κ3) is 3.60. The number of hydrogen-bond donors (Lipinski definition) is 1. The van der Waals surface area contributed by atoms with Gasteiger partial charge in [0.25, 0.3) is 0 Å². The maximum atomic E-state index is 12.1. The summed E-state index contributed by atoms with van der Waals surface area (Å²) >= 11 is 0. The normalized spacial score (nSPS) is 19.8. The summed E-state index contributed by atoms with van der Waals surface area (Å²) in [5.74, 6) is 0. The third-order valence-electron chi connectivity index (χ3n) is 2.95. The quantitative estimate of drug-likeness (QED) is 0.850. The summed E-state index contributed by atoms with van der Waals surface area (Å²) in [5.41, 5.74) is 6.85. The van der Waals surface area contributed by atoms with Crippen LogP contribution in [0, 0.1) is 0 Å². The number of nitrogens with two attached hydrogens (primary N) is 1. The van der Waals surface area contributed by atoms with Crippen LogP contribution in [0.4, 0.5) is 10.5 Å². The number of anilines is 1. The number of pyridine rings is 1. The van der Waals surface area contributed by atoms with Crippen LogP contribution < -0.4 is 5.73 Å². The predicted octanol–water partition coefficient (Wildman–Crippen LogP) is 1.97. The second kappa shape index (κ2) is 5.66. The van der Waals surface area contributed by atoms with Crippen LogP contribution >= 0.6 is 0 Å². The highest BCUT2D eigenvalue weighted by Gasteiger charge is 2.29. The Morgan fingerprint density at radius 1 is 1.55 bits per heavy atom. The summed E-state index contributed by atoms with van der Waals surface area (Å²) in [6, 6.07) is 1.73. The van der Waals surface area contributed by atoms with E-state index in [1.54, 1.807) is 23.4 Å². The van der Waals surface area contributed by atoms with Gasteiger partial charge in [0.05, 0.1) is 13.2 Å². The van der Waals surface area contributed by atoms with Crippen LogP contribution in [-0.2, 0) is 9.47 Å². The Balaban J connectivity index is 2.06. The highest BCUT2D eigenvalue weighted by Crippen LogP contribution is 2.26. The molecule has 2 N–H and O–H groups in total. The van der Waals surface area contributed by atoms with Gasteiger partial charge in [-0.05, 0) is 26.8 Å². The Bertz CT molecular complexity index is 485. The molecule has 1 amide bonds. The number of carbonyl (C=O) groups excluding carboxylic acids is 1. The van der Waals surface area contributed by atoms with Crippen molar-refractivity contribution in [1.82, 2.24) is 9.88 Å². The number of nitrogens with zero attached hydrogens (tertiary/aromatic N) is 2. The predicted molar refractivity (Wildman–Crippen MR) is 75.1 cm³/mol. The molecule has 1 unspecified atom stereocenters. The van der Waals surface area contributed by atoms with E-state index in [2.05, 4.69) is 4.98 Å². The van der Waals surface area contributed by atoms with E-state index < -0.39 is 5.60 Å². The van der Waals surface area contributed by atoms with Gasteiger partial charge in [0.2, 0.25) is 0 Å². The summed E-state index contributed by atoms with van der Waals surface area (Å²) < 4.78 is 11.1. The first-order chi connectivity index (χ1) is 9.37. The molecular weight excluding hydrogens is 258 g/mol. The van der Waals surface area contributed by atoms with Crippen LogP contribution in [0.5, 0.6) is 0 Å². The molecular formula is C14H21N3O3. The summed E-state index contributed by atoms with van der Waals surface area (Å²) in [6.07, 6.45) is 2.73. The number of rotatable bonds is 1. The summed E-state index contributed by atoms with van der Waals surface area (Å²) in [4.78, 5) is 17.8. The molecule has 0 radical (unpaired) electrons. The number of morpholine rings is 1. The highest BCUT2D eigenvalue weighted by molar-refractivity contribution is 5.68. The number of amides is 1. The van der Waals surface area contributed by atoms with Crippen LogP contribution in [0.25, 0.3) is 0 Å². The molecule has 1 aliphatic rings. The van der Waals surface area contributed by atoms with Gasteiger partial charge >= 0.3 is 6.09 Å². The molecule has 110 valence electrons. The zero-order valence-corrected chi connectivity index (χ0v) is 12.1. The van der Waals surface area contributed by atoms with Crippen molar-refractivity contribution >= 4 is 11.8 Å². The fraction of sp³-hybridized carbons (Fsp3) is 0.571. The molecule has 1 aliphatic heterocycles. The Morgan fingerprint density at radius 2 is 2.30 bits per heavy atom. The van der Waals surface area contributed by atoms with E-state index in [4.69, 9.17) is 15.2 Å². The molecule has 1 fully saturated rings. The number of hydrogen-bond acceptors (Lipinski definition) is 5. The van der Waals surface area contributed by atoms with Gasteiger partial charge < -0.3 is 20.1 Å². The zero-order valence-electron chi connectivity index (χ0n) is 12.1. The first-order valence-electron chi connectivity index (χ1n) is 6.66. The van der Waals surface area contributed by atoms with Crippen LogP contribution in [-0.4, -0.2) is 41.3 Å². The topological polar surface area (TPSA) is 77.7 Å². The van der Waals surface area contributed by atoms with Crippen molar-refractivity contribution in [3.05, 3.63) is 24.0 Å². The van der Waals surface area contributed by atoms with E-state index in [1.807, 2.05) is 20.8 Å². The van der Waals surface area contributed by atoms with Crippen LogP contribution in [0.15, 0.2) is 18.5 Å². The molecule has 2 rings (SSSR count). The second-order valence-corrected chi connectivity index (χ2v) is 5.79. The maximum Gasteiger partial charge on any atom is 0.410 e. The molecule has 1 aromatic heterocycles. The van der Waals surface area contributed by atoms with Gasteiger partial charge in [-0.2, -0.15) is 0 Å². The summed E-state index contributed by atoms with van der Waals surface area (Å²) in [6.45, 7) is 6.94. The van der Waals surface area contributed by atoms with Crippen molar-refractivity contribution in [2.75, 3.05) is 25.4 Å². The second-order valence-electron chi connectivity index (χ2n) is 5.79. The lowest BCUT2D eigenvalue weighted by molar-refractivity contribution is -0.0431. The van der Waals surface area contributed by atoms with Crippen molar-refractivity contribution in [1.29, 1.82) is 0 Å². The van der Waals surface area contributed by atoms with Crippen molar-refractivity contribution in [2.24, 2.45) is 0 Å². The van der Waals surface area contributed by atoms with Crippen LogP contribution in [0.2, 0.25) is 0 Å². The molecule has 0 aromatic carbocycles. The van der Waals surface area contributed by atoms with Gasteiger partial charge in [-0.15, -0.1) is 0 Å². The maximum absolute atomic E-state index is 12.1. The minimum atomic E-state index is -0.502. The Morgan fingerprint density at radius 3 is 2.95 bits per heavy atom. The van der Waals surface area contributed by atoms with Gasteiger partial charge in [-0.25, -0.2) is 4.79 Å². The van der Waals surface area contributed by atoms with E-state index in [0.29, 0.717) is 25.4 Å². The van der Waals surface area contributed by atoms with Gasteiger partial charge in [0.1, 0.15) is 11.7 Å². The van der Waals surface area contributed by atoms with Gasteiger partial charge in [-0.1, -0.05) is 0 Å². The summed E-state index contributed by atoms with van der Waals surface area (Å²) in [7, 11) is 0. The van der Waals surface area contributed by atoms with E-state index in [9.17, 15) is 4.79 Å². The molecule has 6 heteroatoms. The molecule has 0 bridgehead atoms. The minimum absolute atomic E-state index is 0.259. The fourth-order valence-electron chi connectivity index (χ4n) is 2.02. The fourth-order valence-corrected chi connectivity index (χ4v) is 2.02. The first-order valence-corrected chi connectivity index (χ1v) is 6.66. The smallest absolute Gasteiger partial charge is 0.410 e. The number of carbonyl (C=O) groups is 1. The van der Waals surface area contributed by atoms with Gasteiger partial charge in [0, 0.05) is 30.2 Å². The molecule has 1 saturated heterocycles. The number of ether oxygens (including phenoxy) is 2. The van der Waals surface area contributed by atoms with Crippen LogP contribution in [0.3, 0.4) is 0 Å². The van der Waals surface area contributed by atoms with Crippen molar-refractivity contribution in [2.45, 2.75) is 32.5 Å². The molecule has 1 aromatic rings. The van der Waals surface area contributed by atoms with E-state index in [1.165, 1.54) is 0 Å². The lowest BCUT2D eigenvalue weighted by atomic mass is 10.1. The van der Waals surface area contributed by atoms with E-state index >= 15 is 0 Å². The zero-order chi connectivity index (χ0) is 14.8. The molecule has 2 heterocycles.